The van der Waals surface area contributed by atoms with Crippen molar-refractivity contribution in [3.8, 4) is 0 Å². The van der Waals surface area contributed by atoms with Gasteiger partial charge in [-0.2, -0.15) is 0 Å². The van der Waals surface area contributed by atoms with E-state index < -0.39 is 41.2 Å². The maximum absolute atomic E-state index is 12.3. The molecule has 0 atom stereocenters. The normalized spacial score (nSPS) is 12.8. The Labute approximate surface area is 192 Å². The molecule has 1 heterocycles. The molecule has 176 valence electrons. The Morgan fingerprint density at radius 2 is 1.27 bits per heavy atom. The number of hydrogen-bond donors (Lipinski definition) is 1. The van der Waals surface area contributed by atoms with Crippen LogP contribution in [0.1, 0.15) is 22.9 Å². The highest BCUT2D eigenvalue weighted by Crippen LogP contribution is 2.16. The number of hydrogen-bond acceptors (Lipinski definition) is 9. The van der Waals surface area contributed by atoms with Gasteiger partial charge in [-0.3, -0.25) is 4.72 Å². The molecule has 1 N–H and O–H groups in total. The lowest BCUT2D eigenvalue weighted by molar-refractivity contribution is 0.473. The number of sulfonamides is 1. The molecule has 33 heavy (non-hydrogen) atoms. The van der Waals surface area contributed by atoms with Crippen molar-refractivity contribution in [1.82, 2.24) is 10.2 Å². The minimum atomic E-state index is -4.09. The predicted octanol–water partition coefficient (Wildman–Crippen LogP) is 2.49. The number of rotatable bonds is 9. The van der Waals surface area contributed by atoms with Gasteiger partial charge >= 0.3 is 0 Å². The van der Waals surface area contributed by atoms with Crippen molar-refractivity contribution in [2.24, 2.45) is 0 Å². The van der Waals surface area contributed by atoms with Crippen molar-refractivity contribution in [1.29, 1.82) is 0 Å². The second-order valence-corrected chi connectivity index (χ2v) is 12.7. The maximum atomic E-state index is 12.3. The SMILES string of the molecule is Cc1ccc(NS(=O)(=O)Cc2nnc(CS(=O)(=O)/C=C/S(=O)(=O)c3ccc(C)cc3)o2)cc1. The average Bonchev–Trinajstić information content (AvgIpc) is 3.13. The minimum absolute atomic E-state index is 0.0501. The molecule has 10 nitrogen and oxygen atoms in total. The molecule has 0 unspecified atom stereocenters. The number of nitrogens with zero attached hydrogens (tertiary/aromatic N) is 2. The van der Waals surface area contributed by atoms with E-state index in [4.69, 9.17) is 4.42 Å². The van der Waals surface area contributed by atoms with E-state index in [0.717, 1.165) is 11.1 Å². The molecule has 0 fully saturated rings. The molecule has 0 radical (unpaired) electrons. The standard InChI is InChI=1S/C20H21N3O7S3/c1-15-3-7-17(8-4-15)23-33(28,29)14-20-22-21-19(30-20)13-31(24,25)11-12-32(26,27)18-9-5-16(2)6-10-18/h3-12,23H,13-14H2,1-2H3/b12-11+. The van der Waals surface area contributed by atoms with Crippen LogP contribution in [0.25, 0.3) is 0 Å². The first-order chi connectivity index (χ1) is 15.3. The van der Waals surface area contributed by atoms with Gasteiger partial charge in [-0.25, -0.2) is 25.3 Å². The Balaban J connectivity index is 1.66. The summed E-state index contributed by atoms with van der Waals surface area (Å²) in [4.78, 5) is -0.0501. The van der Waals surface area contributed by atoms with Crippen LogP contribution in [0.3, 0.4) is 0 Å². The van der Waals surface area contributed by atoms with E-state index in [9.17, 15) is 25.3 Å². The van der Waals surface area contributed by atoms with Crippen molar-refractivity contribution in [3.05, 3.63) is 82.3 Å². The Bertz CT molecular complexity index is 1470. The molecule has 0 amide bonds. The first kappa shape index (κ1) is 24.6. The van der Waals surface area contributed by atoms with E-state index in [1.807, 2.05) is 6.92 Å². The lowest BCUT2D eigenvalue weighted by Gasteiger charge is -2.06. The summed E-state index contributed by atoms with van der Waals surface area (Å²) in [5.74, 6) is -2.12. The molecule has 0 aliphatic rings. The fourth-order valence-electron chi connectivity index (χ4n) is 2.59. The Morgan fingerprint density at radius 3 is 1.85 bits per heavy atom. The lowest BCUT2D eigenvalue weighted by atomic mass is 10.2. The predicted molar refractivity (Wildman–Crippen MR) is 122 cm³/mol. The van der Waals surface area contributed by atoms with Gasteiger partial charge in [0.1, 0.15) is 11.5 Å². The van der Waals surface area contributed by atoms with Crippen molar-refractivity contribution in [2.75, 3.05) is 4.72 Å². The van der Waals surface area contributed by atoms with Crippen molar-refractivity contribution in [2.45, 2.75) is 30.2 Å². The van der Waals surface area contributed by atoms with E-state index in [1.165, 1.54) is 12.1 Å². The number of sulfone groups is 2. The van der Waals surface area contributed by atoms with Gasteiger partial charge in [-0.05, 0) is 38.1 Å². The first-order valence-corrected chi connectivity index (χ1v) is 14.4. The topological polar surface area (TPSA) is 153 Å². The molecule has 0 saturated heterocycles. The van der Waals surface area contributed by atoms with Crippen molar-refractivity contribution < 1.29 is 29.7 Å². The summed E-state index contributed by atoms with van der Waals surface area (Å²) in [7, 11) is -11.9. The molecule has 0 saturated carbocycles. The van der Waals surface area contributed by atoms with Gasteiger partial charge in [0.2, 0.25) is 31.6 Å². The summed E-state index contributed by atoms with van der Waals surface area (Å²) in [5, 5.41) is 8.24. The average molecular weight is 512 g/mol. The highest BCUT2D eigenvalue weighted by atomic mass is 32.2. The summed E-state index contributed by atoms with van der Waals surface area (Å²) in [6.45, 7) is 3.65. The number of aromatic nitrogens is 2. The fourth-order valence-corrected chi connectivity index (χ4v) is 6.09. The van der Waals surface area contributed by atoms with Gasteiger partial charge < -0.3 is 4.42 Å². The molecule has 0 aliphatic carbocycles. The Hall–Kier alpha value is -3.03. The quantitative estimate of drug-likeness (QED) is 0.456. The van der Waals surface area contributed by atoms with Crippen LogP contribution in [0.15, 0.2) is 68.7 Å². The number of benzene rings is 2. The van der Waals surface area contributed by atoms with Gasteiger partial charge in [0, 0.05) is 16.5 Å². The largest absolute Gasteiger partial charge is 0.423 e. The van der Waals surface area contributed by atoms with Crippen LogP contribution in [0, 0.1) is 13.8 Å². The van der Waals surface area contributed by atoms with Crippen molar-refractivity contribution >= 4 is 35.4 Å². The van der Waals surface area contributed by atoms with Crippen LogP contribution in [-0.4, -0.2) is 35.5 Å². The molecular weight excluding hydrogens is 490 g/mol. The zero-order chi connectivity index (χ0) is 24.3. The molecule has 2 aromatic carbocycles. The molecular formula is C20H21N3O7S3. The maximum Gasteiger partial charge on any atom is 0.241 e. The molecule has 3 aromatic rings. The molecule has 0 spiro atoms. The van der Waals surface area contributed by atoms with E-state index in [2.05, 4.69) is 14.9 Å². The van der Waals surface area contributed by atoms with Gasteiger partial charge in [-0.1, -0.05) is 35.4 Å². The monoisotopic (exact) mass is 511 g/mol. The first-order valence-electron chi connectivity index (χ1n) is 9.45. The lowest BCUT2D eigenvalue weighted by Crippen LogP contribution is -2.15. The Morgan fingerprint density at radius 1 is 0.758 bits per heavy atom. The van der Waals surface area contributed by atoms with E-state index in [1.54, 1.807) is 43.3 Å². The van der Waals surface area contributed by atoms with Gasteiger partial charge in [0.15, 0.2) is 9.84 Å². The molecule has 0 aliphatic heterocycles. The zero-order valence-electron chi connectivity index (χ0n) is 17.7. The third-order valence-corrected chi connectivity index (χ3v) is 8.23. The van der Waals surface area contributed by atoms with E-state index in [-0.39, 0.29) is 16.7 Å². The van der Waals surface area contributed by atoms with Gasteiger partial charge in [0.25, 0.3) is 0 Å². The minimum Gasteiger partial charge on any atom is -0.423 e. The van der Waals surface area contributed by atoms with E-state index >= 15 is 0 Å². The summed E-state index contributed by atoms with van der Waals surface area (Å²) in [6, 6.07) is 12.6. The zero-order valence-corrected chi connectivity index (χ0v) is 20.1. The summed E-state index contributed by atoms with van der Waals surface area (Å²) < 4.78 is 81.2. The van der Waals surface area contributed by atoms with E-state index in [0.29, 0.717) is 16.5 Å². The molecule has 13 heteroatoms. The highest BCUT2D eigenvalue weighted by Gasteiger charge is 2.20. The van der Waals surface area contributed by atoms with Crippen LogP contribution in [-0.2, 0) is 41.2 Å². The van der Waals surface area contributed by atoms with Crippen LogP contribution in [0.2, 0.25) is 0 Å². The summed E-state index contributed by atoms with van der Waals surface area (Å²) in [5.41, 5.74) is 2.16. The fraction of sp³-hybridized carbons (Fsp3) is 0.200. The third kappa shape index (κ3) is 7.23. The number of anilines is 1. The number of aryl methyl sites for hydroxylation is 2. The molecule has 1 aromatic heterocycles. The van der Waals surface area contributed by atoms with Crippen LogP contribution in [0.4, 0.5) is 5.69 Å². The summed E-state index contributed by atoms with van der Waals surface area (Å²) in [6.07, 6.45) is 0. The van der Waals surface area contributed by atoms with Crippen molar-refractivity contribution in [3.63, 3.8) is 0 Å². The molecule has 0 bridgehead atoms. The smallest absolute Gasteiger partial charge is 0.241 e. The molecule has 3 rings (SSSR count). The van der Waals surface area contributed by atoms with Crippen LogP contribution < -0.4 is 4.72 Å². The summed E-state index contributed by atoms with van der Waals surface area (Å²) >= 11 is 0. The third-order valence-electron chi connectivity index (χ3n) is 4.26. The van der Waals surface area contributed by atoms with Gasteiger partial charge in [0.05, 0.1) is 4.90 Å². The second-order valence-electron chi connectivity index (χ2n) is 7.25. The second kappa shape index (κ2) is 9.45. The van der Waals surface area contributed by atoms with Gasteiger partial charge in [-0.15, -0.1) is 10.2 Å². The Kier molecular flexibility index (Phi) is 7.05. The highest BCUT2D eigenvalue weighted by molar-refractivity contribution is 7.97. The number of nitrogens with one attached hydrogen (secondary N) is 1. The van der Waals surface area contributed by atoms with Crippen LogP contribution >= 0.6 is 0 Å². The van der Waals surface area contributed by atoms with Crippen LogP contribution in [0.5, 0.6) is 0 Å².